The van der Waals surface area contributed by atoms with Gasteiger partial charge in [0.2, 0.25) is 0 Å². The number of fused-ring (bicyclic) bond motifs is 1. The summed E-state index contributed by atoms with van der Waals surface area (Å²) < 4.78 is 19.5. The first-order chi connectivity index (χ1) is 15.4. The summed E-state index contributed by atoms with van der Waals surface area (Å²) in [5.41, 5.74) is -0.468. The van der Waals surface area contributed by atoms with E-state index in [1.165, 1.54) is 23.5 Å². The molecule has 12 heteroatoms. The zero-order chi connectivity index (χ0) is 22.8. The fraction of sp³-hybridized carbons (Fsp3) is 0.0500. The summed E-state index contributed by atoms with van der Waals surface area (Å²) >= 11 is 8.20. The third-order valence-electron chi connectivity index (χ3n) is 4.43. The molecule has 0 aliphatic heterocycles. The number of carbonyl (C=O) groups is 1. The zero-order valence-corrected chi connectivity index (χ0v) is 18.8. The Morgan fingerprint density at radius 1 is 1.12 bits per heavy atom. The molecule has 0 unspecified atom stereocenters. The van der Waals surface area contributed by atoms with Gasteiger partial charge in [-0.25, -0.2) is 18.5 Å². The van der Waals surface area contributed by atoms with Crippen molar-refractivity contribution in [3.8, 4) is 5.69 Å². The zero-order valence-electron chi connectivity index (χ0n) is 16.4. The number of hydrogen-bond donors (Lipinski definition) is 4. The Labute approximate surface area is 193 Å². The average molecular weight is 492 g/mol. The largest absolute Gasteiger partial charge is 0.388 e. The third kappa shape index (κ3) is 4.49. The molecule has 2 aromatic carbocycles. The van der Waals surface area contributed by atoms with Crippen LogP contribution in [-0.4, -0.2) is 22.6 Å². The Hall–Kier alpha value is -3.28. The van der Waals surface area contributed by atoms with Crippen LogP contribution in [0.4, 0.5) is 20.6 Å². The van der Waals surface area contributed by atoms with E-state index in [0.717, 1.165) is 26.8 Å². The molecule has 0 bridgehead atoms. The topological polar surface area (TPSA) is 108 Å². The number of H-pyrrole nitrogens is 1. The van der Waals surface area contributed by atoms with Crippen molar-refractivity contribution in [3.63, 3.8) is 0 Å². The predicted octanol–water partition coefficient (Wildman–Crippen LogP) is 4.40. The highest BCUT2D eigenvalue weighted by Gasteiger charge is 2.15. The summed E-state index contributed by atoms with van der Waals surface area (Å²) in [6.07, 6.45) is 0. The Kier molecular flexibility index (Phi) is 6.21. The SMILES string of the molecule is CNc1ccc2c(=O)n(-c3ccc(NC(=O)NSc4ccc(Cl)s4)cc3F)c(=O)[nH]c2c1. The molecule has 2 aromatic heterocycles. The van der Waals surface area contributed by atoms with Crippen molar-refractivity contribution in [2.24, 2.45) is 0 Å². The molecule has 2 amide bonds. The molecule has 164 valence electrons. The van der Waals surface area contributed by atoms with Crippen LogP contribution in [0.2, 0.25) is 4.34 Å². The Bertz CT molecular complexity index is 1450. The number of nitrogens with zero attached hydrogens (tertiary/aromatic N) is 1. The minimum atomic E-state index is -0.848. The molecular formula is C20H15ClFN5O3S2. The van der Waals surface area contributed by atoms with Crippen molar-refractivity contribution in [1.29, 1.82) is 0 Å². The lowest BCUT2D eigenvalue weighted by atomic mass is 10.2. The first kappa shape index (κ1) is 21.9. The number of benzene rings is 2. The van der Waals surface area contributed by atoms with Gasteiger partial charge < -0.3 is 15.6 Å². The summed E-state index contributed by atoms with van der Waals surface area (Å²) in [5, 5.41) is 5.64. The van der Waals surface area contributed by atoms with Gasteiger partial charge in [-0.1, -0.05) is 11.6 Å². The molecule has 0 aliphatic carbocycles. The highest BCUT2D eigenvalue weighted by atomic mass is 35.5. The molecule has 0 aliphatic rings. The standard InChI is InChI=1S/C20H15ClFN5O3S2/c1-23-10-2-4-12-14(9-10)25-20(30)27(18(12)28)15-5-3-11(8-13(15)22)24-19(29)26-32-17-7-6-16(21)31-17/h2-9,23H,1H3,(H,25,30)(H2,24,26,29). The fourth-order valence-corrected chi connectivity index (χ4v) is 4.82. The number of urea groups is 1. The van der Waals surface area contributed by atoms with Crippen LogP contribution in [0.15, 0.2) is 62.3 Å². The van der Waals surface area contributed by atoms with Gasteiger partial charge in [-0.3, -0.25) is 9.52 Å². The number of anilines is 2. The molecule has 0 saturated carbocycles. The molecule has 0 saturated heterocycles. The summed E-state index contributed by atoms with van der Waals surface area (Å²) in [4.78, 5) is 40.0. The van der Waals surface area contributed by atoms with Crippen LogP contribution in [0.5, 0.6) is 0 Å². The summed E-state index contributed by atoms with van der Waals surface area (Å²) in [7, 11) is 1.71. The molecule has 0 fully saturated rings. The number of carbonyl (C=O) groups excluding carboxylic acids is 1. The molecule has 4 rings (SSSR count). The number of aromatic nitrogens is 2. The summed E-state index contributed by atoms with van der Waals surface area (Å²) in [5.74, 6) is -0.848. The molecule has 2 heterocycles. The van der Waals surface area contributed by atoms with Crippen LogP contribution in [0, 0.1) is 5.82 Å². The van der Waals surface area contributed by atoms with E-state index in [9.17, 15) is 18.8 Å². The summed E-state index contributed by atoms with van der Waals surface area (Å²) in [6.45, 7) is 0. The second kappa shape index (κ2) is 9.07. The maximum absolute atomic E-state index is 14.8. The van der Waals surface area contributed by atoms with Crippen LogP contribution < -0.4 is 26.6 Å². The smallest absolute Gasteiger partial charge is 0.333 e. The van der Waals surface area contributed by atoms with Crippen molar-refractivity contribution in [2.75, 3.05) is 17.7 Å². The number of halogens is 2. The average Bonchev–Trinajstić information content (AvgIpc) is 3.18. The van der Waals surface area contributed by atoms with Crippen LogP contribution in [0.25, 0.3) is 16.6 Å². The lowest BCUT2D eigenvalue weighted by molar-refractivity contribution is 0.257. The number of nitrogens with one attached hydrogen (secondary N) is 4. The maximum Gasteiger partial charge on any atom is 0.333 e. The van der Waals surface area contributed by atoms with Crippen LogP contribution in [-0.2, 0) is 0 Å². The normalized spacial score (nSPS) is 10.8. The van der Waals surface area contributed by atoms with Crippen molar-refractivity contribution in [1.82, 2.24) is 14.3 Å². The van der Waals surface area contributed by atoms with E-state index in [1.807, 2.05) is 0 Å². The number of amides is 2. The quantitative estimate of drug-likeness (QED) is 0.309. The fourth-order valence-electron chi connectivity index (χ4n) is 2.96. The van der Waals surface area contributed by atoms with E-state index in [4.69, 9.17) is 11.6 Å². The van der Waals surface area contributed by atoms with E-state index in [0.29, 0.717) is 15.5 Å². The van der Waals surface area contributed by atoms with Gasteiger partial charge in [0.1, 0.15) is 5.82 Å². The number of hydrogen-bond acceptors (Lipinski definition) is 6. The van der Waals surface area contributed by atoms with Gasteiger partial charge >= 0.3 is 11.7 Å². The van der Waals surface area contributed by atoms with Gasteiger partial charge in [-0.15, -0.1) is 11.3 Å². The first-order valence-electron chi connectivity index (χ1n) is 9.11. The predicted molar refractivity (Wildman–Crippen MR) is 127 cm³/mol. The van der Waals surface area contributed by atoms with E-state index < -0.39 is 23.1 Å². The lowest BCUT2D eigenvalue weighted by Gasteiger charge is -2.11. The molecule has 0 atom stereocenters. The number of aromatic amines is 1. The minimum absolute atomic E-state index is 0.150. The highest BCUT2D eigenvalue weighted by molar-refractivity contribution is 7.99. The third-order valence-corrected chi connectivity index (χ3v) is 6.58. The first-order valence-corrected chi connectivity index (χ1v) is 11.1. The Morgan fingerprint density at radius 2 is 1.91 bits per heavy atom. The van der Waals surface area contributed by atoms with E-state index in [2.05, 4.69) is 20.3 Å². The number of thiophene rings is 1. The second-order valence-electron chi connectivity index (χ2n) is 6.46. The van der Waals surface area contributed by atoms with Gasteiger partial charge in [0.05, 0.1) is 25.1 Å². The van der Waals surface area contributed by atoms with Gasteiger partial charge in [-0.2, -0.15) is 0 Å². The Morgan fingerprint density at radius 3 is 2.59 bits per heavy atom. The second-order valence-corrected chi connectivity index (χ2v) is 9.29. The highest BCUT2D eigenvalue weighted by Crippen LogP contribution is 2.28. The molecule has 8 nitrogen and oxygen atoms in total. The molecule has 4 N–H and O–H groups in total. The summed E-state index contributed by atoms with van der Waals surface area (Å²) in [6, 6.07) is 11.4. The van der Waals surface area contributed by atoms with E-state index in [-0.39, 0.29) is 16.8 Å². The van der Waals surface area contributed by atoms with Gasteiger partial charge in [0, 0.05) is 18.4 Å². The maximum atomic E-state index is 14.8. The van der Waals surface area contributed by atoms with Gasteiger partial charge in [0.15, 0.2) is 0 Å². The molecular weight excluding hydrogens is 477 g/mol. The van der Waals surface area contributed by atoms with Crippen LogP contribution >= 0.6 is 34.9 Å². The van der Waals surface area contributed by atoms with Crippen LogP contribution in [0.3, 0.4) is 0 Å². The Balaban J connectivity index is 1.58. The monoisotopic (exact) mass is 491 g/mol. The lowest BCUT2D eigenvalue weighted by Crippen LogP contribution is -2.34. The number of rotatable bonds is 5. The van der Waals surface area contributed by atoms with Gasteiger partial charge in [-0.05, 0) is 60.5 Å². The van der Waals surface area contributed by atoms with Crippen LogP contribution in [0.1, 0.15) is 0 Å². The molecule has 0 radical (unpaired) electrons. The van der Waals surface area contributed by atoms with E-state index >= 15 is 0 Å². The van der Waals surface area contributed by atoms with Gasteiger partial charge in [0.25, 0.3) is 5.56 Å². The van der Waals surface area contributed by atoms with Crippen molar-refractivity contribution >= 4 is 63.2 Å². The molecule has 32 heavy (non-hydrogen) atoms. The van der Waals surface area contributed by atoms with Crippen molar-refractivity contribution < 1.29 is 9.18 Å². The van der Waals surface area contributed by atoms with Crippen molar-refractivity contribution in [2.45, 2.75) is 4.21 Å². The molecule has 0 spiro atoms. The van der Waals surface area contributed by atoms with Crippen molar-refractivity contribution in [3.05, 3.63) is 79.5 Å². The van der Waals surface area contributed by atoms with E-state index in [1.54, 1.807) is 37.4 Å². The molecule has 4 aromatic rings. The minimum Gasteiger partial charge on any atom is -0.388 e.